The van der Waals surface area contributed by atoms with Crippen molar-refractivity contribution in [3.63, 3.8) is 0 Å². The van der Waals surface area contributed by atoms with E-state index in [1.54, 1.807) is 0 Å². The molecule has 0 aliphatic carbocycles. The minimum atomic E-state index is -1.83. The number of aromatic carboxylic acids is 1. The second-order valence-electron chi connectivity index (χ2n) is 3.05. The van der Waals surface area contributed by atoms with Crippen LogP contribution >= 0.6 is 0 Å². The first-order valence-electron chi connectivity index (χ1n) is 4.91. The Labute approximate surface area is 108 Å². The first kappa shape index (κ1) is 16.2. The van der Waals surface area contributed by atoms with Gasteiger partial charge in [-0.05, 0) is 24.3 Å². The van der Waals surface area contributed by atoms with Crippen molar-refractivity contribution in [3.05, 3.63) is 48.0 Å². The molecule has 0 saturated heterocycles. The molecule has 0 unspecified atom stereocenters. The lowest BCUT2D eigenvalue weighted by molar-refractivity contribution is 0.0548. The highest BCUT2D eigenvalue weighted by Gasteiger charge is 2.07. The summed E-state index contributed by atoms with van der Waals surface area (Å²) in [5.74, 6) is -1.52. The van der Waals surface area contributed by atoms with E-state index in [4.69, 9.17) is 24.9 Å². The Morgan fingerprint density at radius 2 is 1.47 bits per heavy atom. The van der Waals surface area contributed by atoms with Crippen LogP contribution in [0.4, 0.5) is 4.79 Å². The number of carboxylic acids is 1. The van der Waals surface area contributed by atoms with Crippen LogP contribution in [0.15, 0.2) is 36.9 Å². The van der Waals surface area contributed by atoms with Gasteiger partial charge in [-0.15, -0.1) is 0 Å². The van der Waals surface area contributed by atoms with Crippen LogP contribution in [0.3, 0.4) is 0 Å². The van der Waals surface area contributed by atoms with Crippen molar-refractivity contribution >= 4 is 18.1 Å². The molecule has 3 N–H and O–H groups in total. The quantitative estimate of drug-likeness (QED) is 0.563. The summed E-state index contributed by atoms with van der Waals surface area (Å²) in [6.07, 6.45) is -0.372. The van der Waals surface area contributed by atoms with Crippen molar-refractivity contribution in [1.82, 2.24) is 0 Å². The Morgan fingerprint density at radius 3 is 1.84 bits per heavy atom. The molecule has 1 aromatic carbocycles. The summed E-state index contributed by atoms with van der Waals surface area (Å²) in [5, 5.41) is 22.6. The SMILES string of the molecule is C=CCOC(=O)c1ccc(C(=O)O)cc1.O=C(O)O. The van der Waals surface area contributed by atoms with Crippen LogP contribution < -0.4 is 0 Å². The van der Waals surface area contributed by atoms with Crippen LogP contribution in [0.2, 0.25) is 0 Å². The molecule has 0 heterocycles. The summed E-state index contributed by atoms with van der Waals surface area (Å²) in [4.78, 5) is 30.3. The number of carbonyl (C=O) groups excluding carboxylic acids is 1. The number of carboxylic acid groups (broad SMARTS) is 3. The lowest BCUT2D eigenvalue weighted by Crippen LogP contribution is -2.05. The third-order valence-electron chi connectivity index (χ3n) is 1.70. The molecule has 0 saturated carbocycles. The molecule has 19 heavy (non-hydrogen) atoms. The molecule has 1 aromatic rings. The lowest BCUT2D eigenvalue weighted by atomic mass is 10.1. The molecular weight excluding hydrogens is 256 g/mol. The number of rotatable bonds is 4. The highest BCUT2D eigenvalue weighted by molar-refractivity contribution is 5.92. The smallest absolute Gasteiger partial charge is 0.478 e. The Kier molecular flexibility index (Phi) is 7.05. The number of esters is 1. The third kappa shape index (κ3) is 7.16. The molecular formula is C12H12O7. The summed E-state index contributed by atoms with van der Waals surface area (Å²) >= 11 is 0. The molecule has 0 spiro atoms. The molecule has 102 valence electrons. The van der Waals surface area contributed by atoms with Crippen LogP contribution in [-0.2, 0) is 4.74 Å². The predicted octanol–water partition coefficient (Wildman–Crippen LogP) is 1.95. The van der Waals surface area contributed by atoms with Crippen LogP contribution in [0.1, 0.15) is 20.7 Å². The van der Waals surface area contributed by atoms with Gasteiger partial charge in [-0.2, -0.15) is 0 Å². The average Bonchev–Trinajstić information content (AvgIpc) is 2.35. The lowest BCUT2D eigenvalue weighted by Gasteiger charge is -2.01. The van der Waals surface area contributed by atoms with Gasteiger partial charge in [-0.3, -0.25) is 0 Å². The van der Waals surface area contributed by atoms with Crippen LogP contribution in [0.5, 0.6) is 0 Å². The number of benzene rings is 1. The first-order valence-corrected chi connectivity index (χ1v) is 4.91. The Morgan fingerprint density at radius 1 is 1.05 bits per heavy atom. The number of ether oxygens (including phenoxy) is 1. The van der Waals surface area contributed by atoms with Gasteiger partial charge in [0.15, 0.2) is 0 Å². The molecule has 0 fully saturated rings. The fourth-order valence-corrected chi connectivity index (χ4v) is 0.967. The molecule has 0 aromatic heterocycles. The zero-order valence-electron chi connectivity index (χ0n) is 9.78. The van der Waals surface area contributed by atoms with Crippen molar-refractivity contribution < 1.29 is 34.4 Å². The zero-order chi connectivity index (χ0) is 14.8. The maximum atomic E-state index is 11.3. The van der Waals surface area contributed by atoms with E-state index >= 15 is 0 Å². The van der Waals surface area contributed by atoms with E-state index in [1.165, 1.54) is 30.3 Å². The fourth-order valence-electron chi connectivity index (χ4n) is 0.967. The molecule has 0 amide bonds. The van der Waals surface area contributed by atoms with Gasteiger partial charge in [-0.1, -0.05) is 12.7 Å². The molecule has 0 bridgehead atoms. The molecule has 7 heteroatoms. The Hall–Kier alpha value is -2.83. The second-order valence-corrected chi connectivity index (χ2v) is 3.05. The summed E-state index contributed by atoms with van der Waals surface area (Å²) in [5.41, 5.74) is 0.456. The zero-order valence-corrected chi connectivity index (χ0v) is 9.78. The third-order valence-corrected chi connectivity index (χ3v) is 1.70. The predicted molar refractivity (Wildman–Crippen MR) is 64.5 cm³/mol. The van der Waals surface area contributed by atoms with Gasteiger partial charge >= 0.3 is 18.1 Å². The van der Waals surface area contributed by atoms with Crippen molar-refractivity contribution in [3.8, 4) is 0 Å². The molecule has 0 radical (unpaired) electrons. The topological polar surface area (TPSA) is 121 Å². The van der Waals surface area contributed by atoms with Crippen molar-refractivity contribution in [2.24, 2.45) is 0 Å². The molecule has 0 aliphatic heterocycles. The highest BCUT2D eigenvalue weighted by Crippen LogP contribution is 2.05. The number of hydrogen-bond acceptors (Lipinski definition) is 4. The van der Waals surface area contributed by atoms with Crippen molar-refractivity contribution in [1.29, 1.82) is 0 Å². The van der Waals surface area contributed by atoms with Crippen molar-refractivity contribution in [2.45, 2.75) is 0 Å². The first-order chi connectivity index (χ1) is 8.88. The van der Waals surface area contributed by atoms with E-state index in [0.717, 1.165) is 0 Å². The Balaban J connectivity index is 0.000000711. The van der Waals surface area contributed by atoms with Crippen LogP contribution in [0, 0.1) is 0 Å². The maximum absolute atomic E-state index is 11.3. The van der Waals surface area contributed by atoms with Gasteiger partial charge in [0.2, 0.25) is 0 Å². The largest absolute Gasteiger partial charge is 0.503 e. The molecule has 7 nitrogen and oxygen atoms in total. The van der Waals surface area contributed by atoms with Gasteiger partial charge in [0.25, 0.3) is 0 Å². The van der Waals surface area contributed by atoms with Crippen LogP contribution in [-0.4, -0.2) is 40.0 Å². The van der Waals surface area contributed by atoms with Gasteiger partial charge < -0.3 is 20.1 Å². The summed E-state index contributed by atoms with van der Waals surface area (Å²) in [6, 6.07) is 5.53. The second kappa shape index (κ2) is 8.29. The molecule has 0 aliphatic rings. The standard InChI is InChI=1S/C11H10O4.CH2O3/c1-2-7-15-11(14)9-5-3-8(4-6-9)10(12)13;2-1(3)4/h2-6H,1,7H2,(H,12,13);(H2,2,3,4). The van der Waals surface area contributed by atoms with Crippen molar-refractivity contribution in [2.75, 3.05) is 6.61 Å². The van der Waals surface area contributed by atoms with E-state index < -0.39 is 18.1 Å². The van der Waals surface area contributed by atoms with E-state index in [9.17, 15) is 9.59 Å². The van der Waals surface area contributed by atoms with Gasteiger partial charge in [-0.25, -0.2) is 14.4 Å². The van der Waals surface area contributed by atoms with E-state index in [1.807, 2.05) is 0 Å². The minimum absolute atomic E-state index is 0.135. The van der Waals surface area contributed by atoms with Gasteiger partial charge in [0.05, 0.1) is 11.1 Å². The normalized spacial score (nSPS) is 8.63. The Bertz CT molecular complexity index is 457. The summed E-state index contributed by atoms with van der Waals surface area (Å²) in [7, 11) is 0. The van der Waals surface area contributed by atoms with E-state index in [-0.39, 0.29) is 12.2 Å². The molecule has 0 atom stereocenters. The van der Waals surface area contributed by atoms with E-state index in [0.29, 0.717) is 5.56 Å². The summed E-state index contributed by atoms with van der Waals surface area (Å²) < 4.78 is 4.77. The summed E-state index contributed by atoms with van der Waals surface area (Å²) in [6.45, 7) is 3.55. The average molecular weight is 268 g/mol. The monoisotopic (exact) mass is 268 g/mol. The minimum Gasteiger partial charge on any atom is -0.478 e. The molecule has 1 rings (SSSR count). The maximum Gasteiger partial charge on any atom is 0.503 e. The number of carbonyl (C=O) groups is 3. The van der Waals surface area contributed by atoms with Gasteiger partial charge in [0.1, 0.15) is 6.61 Å². The van der Waals surface area contributed by atoms with E-state index in [2.05, 4.69) is 6.58 Å². The highest BCUT2D eigenvalue weighted by atomic mass is 16.6. The van der Waals surface area contributed by atoms with Gasteiger partial charge in [0, 0.05) is 0 Å². The number of hydrogen-bond donors (Lipinski definition) is 3. The van der Waals surface area contributed by atoms with Crippen LogP contribution in [0.25, 0.3) is 0 Å². The fraction of sp³-hybridized carbons (Fsp3) is 0.0833.